The maximum absolute atomic E-state index is 13.8. The van der Waals surface area contributed by atoms with Crippen molar-refractivity contribution < 1.29 is 37.2 Å². The number of rotatable bonds is 15. The van der Waals surface area contributed by atoms with E-state index in [0.29, 0.717) is 48.8 Å². The van der Waals surface area contributed by atoms with E-state index in [0.717, 1.165) is 11.5 Å². The molecule has 0 saturated heterocycles. The zero-order valence-corrected chi connectivity index (χ0v) is 24.4. The molecule has 2 aromatic carbocycles. The van der Waals surface area contributed by atoms with Crippen molar-refractivity contribution in [2.45, 2.75) is 38.8 Å². The summed E-state index contributed by atoms with van der Waals surface area (Å²) in [6.07, 6.45) is 5.60. The molecule has 0 spiro atoms. The van der Waals surface area contributed by atoms with Gasteiger partial charge in [0.1, 0.15) is 24.4 Å². The van der Waals surface area contributed by atoms with Gasteiger partial charge < -0.3 is 30.5 Å². The van der Waals surface area contributed by atoms with Crippen molar-refractivity contribution in [2.24, 2.45) is 0 Å². The van der Waals surface area contributed by atoms with Gasteiger partial charge in [-0.25, -0.2) is 23.3 Å². The number of anilines is 3. The van der Waals surface area contributed by atoms with Crippen molar-refractivity contribution in [3.8, 4) is 5.75 Å². The second-order valence-electron chi connectivity index (χ2n) is 10.2. The normalized spacial score (nSPS) is 12.0. The van der Waals surface area contributed by atoms with Crippen LogP contribution in [0, 0.1) is 11.6 Å². The number of hydrogen-bond acceptors (Lipinski definition) is 9. The molecule has 0 fully saturated rings. The number of benzene rings is 2. The highest BCUT2D eigenvalue weighted by Crippen LogP contribution is 2.36. The molecule has 0 aliphatic heterocycles. The molecule has 1 amide bonds. The summed E-state index contributed by atoms with van der Waals surface area (Å²) in [5, 5.41) is 13.7. The first-order valence-electron chi connectivity index (χ1n) is 13.2. The fourth-order valence-corrected chi connectivity index (χ4v) is 4.34. The molecule has 2 aromatic heterocycles. The summed E-state index contributed by atoms with van der Waals surface area (Å²) in [7, 11) is -4.47. The number of carbonyl (C=O) groups excluding carboxylic acids is 1. The Kier molecular flexibility index (Phi) is 10.4. The Morgan fingerprint density at radius 3 is 2.74 bits per heavy atom. The zero-order chi connectivity index (χ0) is 31.0. The van der Waals surface area contributed by atoms with Crippen molar-refractivity contribution in [2.75, 3.05) is 30.4 Å². The van der Waals surface area contributed by atoms with Gasteiger partial charge in [0.05, 0.1) is 36.3 Å². The van der Waals surface area contributed by atoms with E-state index in [1.807, 2.05) is 19.9 Å². The largest absolute Gasteiger partial charge is 0.493 e. The van der Waals surface area contributed by atoms with Gasteiger partial charge in [-0.1, -0.05) is 6.07 Å². The topological polar surface area (TPSA) is 173 Å². The summed E-state index contributed by atoms with van der Waals surface area (Å²) in [4.78, 5) is 38.5. The van der Waals surface area contributed by atoms with Gasteiger partial charge >= 0.3 is 7.82 Å². The minimum absolute atomic E-state index is 0.0591. The van der Waals surface area contributed by atoms with Crippen LogP contribution in [0.15, 0.2) is 55.1 Å². The standard InChI is InChI=1S/C27H32F2N7O6P/c1-27(2,9-12-42-43(38,39)40)32-10-4-11-41-19-7-8-20-23(13-19)30-17-31-26(20)34-18-14-33-36(15-18)16-24(37)35-22-6-3-5-21(28)25(22)29/h3,5-8,13-15,17,32H,4,9-12,16H2,1-2H3,(H,35,37)(H,30,31,34)(H2,38,39,40). The van der Waals surface area contributed by atoms with Gasteiger partial charge in [-0.2, -0.15) is 5.10 Å². The van der Waals surface area contributed by atoms with Gasteiger partial charge in [-0.3, -0.25) is 14.0 Å². The van der Waals surface area contributed by atoms with Gasteiger partial charge in [0.2, 0.25) is 5.91 Å². The van der Waals surface area contributed by atoms with Crippen LogP contribution in [-0.4, -0.2) is 60.7 Å². The van der Waals surface area contributed by atoms with Crippen LogP contribution in [0.3, 0.4) is 0 Å². The number of hydrogen-bond donors (Lipinski definition) is 5. The predicted octanol–water partition coefficient (Wildman–Crippen LogP) is 4.12. The van der Waals surface area contributed by atoms with E-state index in [-0.39, 0.29) is 24.4 Å². The molecule has 5 N–H and O–H groups in total. The van der Waals surface area contributed by atoms with Crippen molar-refractivity contribution >= 4 is 41.8 Å². The highest BCUT2D eigenvalue weighted by molar-refractivity contribution is 7.46. The van der Waals surface area contributed by atoms with Crippen LogP contribution >= 0.6 is 7.82 Å². The summed E-state index contributed by atoms with van der Waals surface area (Å²) < 4.78 is 49.8. The van der Waals surface area contributed by atoms with E-state index < -0.39 is 25.4 Å². The SMILES string of the molecule is CC(C)(CCOP(=O)(O)O)NCCCOc1ccc2c(Nc3cnn(CC(=O)Nc4cccc(F)c4F)c3)ncnc2c1. The molecule has 16 heteroatoms. The summed E-state index contributed by atoms with van der Waals surface area (Å²) >= 11 is 0. The lowest BCUT2D eigenvalue weighted by atomic mass is 10.0. The third-order valence-electron chi connectivity index (χ3n) is 6.22. The Labute approximate surface area is 245 Å². The second kappa shape index (κ2) is 14.0. The van der Waals surface area contributed by atoms with Crippen molar-refractivity contribution in [1.29, 1.82) is 0 Å². The molecule has 2 heterocycles. The number of halogens is 2. The summed E-state index contributed by atoms with van der Waals surface area (Å²) in [5.41, 5.74) is 0.567. The molecule has 13 nitrogen and oxygen atoms in total. The van der Waals surface area contributed by atoms with E-state index in [1.54, 1.807) is 18.3 Å². The number of nitrogens with zero attached hydrogens (tertiary/aromatic N) is 4. The lowest BCUT2D eigenvalue weighted by Gasteiger charge is -2.26. The quantitative estimate of drug-likeness (QED) is 0.0957. The smallest absolute Gasteiger partial charge is 0.469 e. The predicted molar refractivity (Wildman–Crippen MR) is 155 cm³/mol. The van der Waals surface area contributed by atoms with Crippen molar-refractivity contribution in [3.05, 3.63) is 66.8 Å². The minimum atomic E-state index is -4.47. The van der Waals surface area contributed by atoms with E-state index >= 15 is 0 Å². The fourth-order valence-electron chi connectivity index (χ4n) is 4.01. The molecule has 4 rings (SSSR count). The Morgan fingerprint density at radius 2 is 1.95 bits per heavy atom. The van der Waals surface area contributed by atoms with Crippen LogP contribution < -0.4 is 20.7 Å². The lowest BCUT2D eigenvalue weighted by molar-refractivity contribution is -0.116. The summed E-state index contributed by atoms with van der Waals surface area (Å²) in [6.45, 7) is 4.62. The molecule has 43 heavy (non-hydrogen) atoms. The minimum Gasteiger partial charge on any atom is -0.493 e. The summed E-state index contributed by atoms with van der Waals surface area (Å²) in [5.74, 6) is -1.63. The Hall–Kier alpha value is -4.01. The Morgan fingerprint density at radius 1 is 1.14 bits per heavy atom. The van der Waals surface area contributed by atoms with Crippen molar-refractivity contribution in [1.82, 2.24) is 25.1 Å². The fraction of sp³-hybridized carbons (Fsp3) is 0.333. The van der Waals surface area contributed by atoms with E-state index in [4.69, 9.17) is 14.5 Å². The average Bonchev–Trinajstić information content (AvgIpc) is 3.36. The molecule has 0 aliphatic carbocycles. The van der Waals surface area contributed by atoms with Crippen LogP contribution in [0.2, 0.25) is 0 Å². The number of carbonyl (C=O) groups is 1. The highest BCUT2D eigenvalue weighted by Gasteiger charge is 2.20. The molecule has 0 radical (unpaired) electrons. The first kappa shape index (κ1) is 31.9. The zero-order valence-electron chi connectivity index (χ0n) is 23.5. The Bertz CT molecular complexity index is 1610. The molecular weight excluding hydrogens is 587 g/mol. The van der Waals surface area contributed by atoms with Gasteiger partial charge in [-0.05, 0) is 57.5 Å². The third kappa shape index (κ3) is 9.76. The highest BCUT2D eigenvalue weighted by atomic mass is 31.2. The Balaban J connectivity index is 1.27. The lowest BCUT2D eigenvalue weighted by Crippen LogP contribution is -2.41. The summed E-state index contributed by atoms with van der Waals surface area (Å²) in [6, 6.07) is 8.94. The van der Waals surface area contributed by atoms with Gasteiger partial charge in [0, 0.05) is 23.2 Å². The maximum atomic E-state index is 13.8. The number of fused-ring (bicyclic) bond motifs is 1. The van der Waals surface area contributed by atoms with Crippen LogP contribution in [0.25, 0.3) is 10.9 Å². The van der Waals surface area contributed by atoms with Crippen LogP contribution in [0.4, 0.5) is 26.0 Å². The number of amides is 1. The van der Waals surface area contributed by atoms with Gasteiger partial charge in [0.25, 0.3) is 0 Å². The van der Waals surface area contributed by atoms with E-state index in [9.17, 15) is 18.1 Å². The first-order valence-corrected chi connectivity index (χ1v) is 14.8. The molecule has 0 aliphatic rings. The molecule has 0 saturated carbocycles. The maximum Gasteiger partial charge on any atom is 0.469 e. The molecule has 0 unspecified atom stereocenters. The van der Waals surface area contributed by atoms with Gasteiger partial charge in [-0.15, -0.1) is 0 Å². The first-order chi connectivity index (χ1) is 20.4. The molecule has 0 atom stereocenters. The second-order valence-corrected chi connectivity index (χ2v) is 11.4. The number of phosphoric ester groups is 1. The average molecular weight is 620 g/mol. The van der Waals surface area contributed by atoms with Crippen molar-refractivity contribution in [3.63, 3.8) is 0 Å². The molecular formula is C27H32F2N7O6P. The van der Waals surface area contributed by atoms with Gasteiger partial charge in [0.15, 0.2) is 11.6 Å². The van der Waals surface area contributed by atoms with Crippen LogP contribution in [0.1, 0.15) is 26.7 Å². The van der Waals surface area contributed by atoms with Crippen LogP contribution in [0.5, 0.6) is 5.75 Å². The third-order valence-corrected chi connectivity index (χ3v) is 6.73. The monoisotopic (exact) mass is 619 g/mol. The number of phosphoric acid groups is 1. The van der Waals surface area contributed by atoms with E-state index in [2.05, 4.69) is 35.5 Å². The molecule has 230 valence electrons. The number of ether oxygens (including phenoxy) is 1. The molecule has 0 bridgehead atoms. The van der Waals surface area contributed by atoms with E-state index in [1.165, 1.54) is 29.3 Å². The number of nitrogens with one attached hydrogen (secondary N) is 3. The number of aromatic nitrogens is 4. The molecule has 4 aromatic rings. The van der Waals surface area contributed by atoms with Crippen LogP contribution in [-0.2, 0) is 20.4 Å².